The molecule has 0 fully saturated rings. The molecule has 19 heavy (non-hydrogen) atoms. The minimum atomic E-state index is -0.599. The molecule has 0 saturated carbocycles. The van der Waals surface area contributed by atoms with E-state index < -0.39 is 11.6 Å². The van der Waals surface area contributed by atoms with E-state index in [1.807, 2.05) is 0 Å². The smallest absolute Gasteiger partial charge is 0.223 e. The van der Waals surface area contributed by atoms with E-state index >= 15 is 0 Å². The Morgan fingerprint density at radius 1 is 1.05 bits per heavy atom. The first-order valence-corrected chi connectivity index (χ1v) is 5.33. The Morgan fingerprint density at radius 2 is 1.74 bits per heavy atom. The van der Waals surface area contributed by atoms with Crippen LogP contribution in [-0.4, -0.2) is 9.97 Å². The van der Waals surface area contributed by atoms with Crippen LogP contribution in [0.25, 0.3) is 0 Å². The summed E-state index contributed by atoms with van der Waals surface area (Å²) in [4.78, 5) is 7.61. The summed E-state index contributed by atoms with van der Waals surface area (Å²) in [7, 11) is 0. The maximum atomic E-state index is 13.7. The quantitative estimate of drug-likeness (QED) is 0.498. The first kappa shape index (κ1) is 13.0. The average Bonchev–Trinajstić information content (AvgIpc) is 2.35. The fourth-order valence-corrected chi connectivity index (χ4v) is 1.48. The monoisotopic (exact) mass is 266 g/mol. The van der Waals surface area contributed by atoms with E-state index in [0.717, 1.165) is 12.1 Å². The molecular formula is C11H12F2N6. The molecule has 0 saturated heterocycles. The van der Waals surface area contributed by atoms with Gasteiger partial charge in [-0.2, -0.15) is 9.97 Å². The first-order valence-electron chi connectivity index (χ1n) is 5.33. The van der Waals surface area contributed by atoms with Crippen molar-refractivity contribution < 1.29 is 8.78 Å². The highest BCUT2D eigenvalue weighted by Gasteiger charge is 2.09. The second kappa shape index (κ2) is 5.02. The van der Waals surface area contributed by atoms with Crippen molar-refractivity contribution >= 4 is 23.3 Å². The second-order valence-electron chi connectivity index (χ2n) is 3.85. The minimum Gasteiger partial charge on any atom is -0.368 e. The Kier molecular flexibility index (Phi) is 3.43. The van der Waals surface area contributed by atoms with E-state index in [0.29, 0.717) is 0 Å². The number of nitrogen functional groups attached to an aromatic ring is 2. The van der Waals surface area contributed by atoms with E-state index in [4.69, 9.17) is 11.6 Å². The summed E-state index contributed by atoms with van der Waals surface area (Å²) in [5, 5.41) is 2.61. The van der Waals surface area contributed by atoms with Crippen molar-refractivity contribution in [2.24, 2.45) is 5.84 Å². The van der Waals surface area contributed by atoms with Gasteiger partial charge < -0.3 is 16.5 Å². The lowest BCUT2D eigenvalue weighted by atomic mass is 10.2. The summed E-state index contributed by atoms with van der Waals surface area (Å²) >= 11 is 0. The van der Waals surface area contributed by atoms with Crippen molar-refractivity contribution in [2.75, 3.05) is 16.5 Å². The van der Waals surface area contributed by atoms with Crippen molar-refractivity contribution in [1.82, 2.24) is 9.97 Å². The lowest BCUT2D eigenvalue weighted by Gasteiger charge is -2.10. The molecule has 0 unspecified atom stereocenters. The number of nitrogens with two attached hydrogens (primary N) is 2. The van der Waals surface area contributed by atoms with E-state index in [-0.39, 0.29) is 28.8 Å². The van der Waals surface area contributed by atoms with Crippen molar-refractivity contribution in [3.8, 4) is 0 Å². The Balaban J connectivity index is 2.36. The van der Waals surface area contributed by atoms with Gasteiger partial charge in [-0.25, -0.2) is 14.6 Å². The number of nitrogens with zero attached hydrogens (tertiary/aromatic N) is 2. The lowest BCUT2D eigenvalue weighted by Crippen LogP contribution is -2.11. The van der Waals surface area contributed by atoms with Crippen LogP contribution in [0.5, 0.6) is 0 Å². The van der Waals surface area contributed by atoms with Crippen LogP contribution < -0.4 is 22.3 Å². The van der Waals surface area contributed by atoms with E-state index in [1.165, 1.54) is 13.0 Å². The van der Waals surface area contributed by atoms with Gasteiger partial charge in [-0.1, -0.05) is 0 Å². The molecule has 0 amide bonds. The molecular weight excluding hydrogens is 254 g/mol. The van der Waals surface area contributed by atoms with Crippen LogP contribution in [0.4, 0.5) is 32.1 Å². The van der Waals surface area contributed by atoms with Crippen LogP contribution in [0, 0.1) is 18.6 Å². The van der Waals surface area contributed by atoms with Gasteiger partial charge in [0, 0.05) is 12.1 Å². The number of hydrogen-bond donors (Lipinski definition) is 4. The Labute approximate surface area is 107 Å². The molecule has 0 aliphatic carbocycles. The van der Waals surface area contributed by atoms with Gasteiger partial charge in [-0.3, -0.25) is 0 Å². The second-order valence-corrected chi connectivity index (χ2v) is 3.85. The standard InChI is InChI=1S/C11H12F2N6/c1-5-2-7(13)8(3-6(5)12)16-9-4-10(19-15)18-11(14)17-9/h2-4H,15H2,1H3,(H4,14,16,17,18,19). The summed E-state index contributed by atoms with van der Waals surface area (Å²) in [6.45, 7) is 1.47. The molecule has 0 bridgehead atoms. The van der Waals surface area contributed by atoms with Crippen LogP contribution in [0.3, 0.4) is 0 Å². The third-order valence-electron chi connectivity index (χ3n) is 2.40. The number of halogens is 2. The lowest BCUT2D eigenvalue weighted by molar-refractivity contribution is 0.595. The van der Waals surface area contributed by atoms with Crippen LogP contribution in [0.2, 0.25) is 0 Å². The number of aryl methyl sites for hydroxylation is 1. The van der Waals surface area contributed by atoms with Gasteiger partial charge in [0.1, 0.15) is 23.3 Å². The molecule has 0 aliphatic rings. The highest BCUT2D eigenvalue weighted by atomic mass is 19.1. The Morgan fingerprint density at radius 3 is 2.42 bits per heavy atom. The summed E-state index contributed by atoms with van der Waals surface area (Å²) < 4.78 is 27.0. The molecule has 2 rings (SSSR count). The fourth-order valence-electron chi connectivity index (χ4n) is 1.48. The molecule has 0 aliphatic heterocycles. The molecule has 1 heterocycles. The van der Waals surface area contributed by atoms with Crippen molar-refractivity contribution in [3.05, 3.63) is 35.4 Å². The summed E-state index contributed by atoms with van der Waals surface area (Å²) in [5.41, 5.74) is 7.91. The summed E-state index contributed by atoms with van der Waals surface area (Å²) in [6.07, 6.45) is 0. The van der Waals surface area contributed by atoms with Gasteiger partial charge >= 0.3 is 0 Å². The number of benzene rings is 1. The number of rotatable bonds is 3. The minimum absolute atomic E-state index is 0.0501. The van der Waals surface area contributed by atoms with Gasteiger partial charge in [0.25, 0.3) is 0 Å². The van der Waals surface area contributed by atoms with Crippen LogP contribution >= 0.6 is 0 Å². The molecule has 8 heteroatoms. The zero-order valence-electron chi connectivity index (χ0n) is 10.0. The van der Waals surface area contributed by atoms with Crippen LogP contribution in [-0.2, 0) is 0 Å². The fraction of sp³-hybridized carbons (Fsp3) is 0.0909. The normalized spacial score (nSPS) is 10.3. The third-order valence-corrected chi connectivity index (χ3v) is 2.40. The van der Waals surface area contributed by atoms with Crippen molar-refractivity contribution in [3.63, 3.8) is 0 Å². The Bertz CT molecular complexity index is 616. The number of aromatic nitrogens is 2. The molecule has 1 aromatic heterocycles. The van der Waals surface area contributed by atoms with Gasteiger partial charge in [-0.15, -0.1) is 0 Å². The predicted molar refractivity (Wildman–Crippen MR) is 68.6 cm³/mol. The van der Waals surface area contributed by atoms with E-state index in [1.54, 1.807) is 0 Å². The maximum Gasteiger partial charge on any atom is 0.223 e. The molecule has 100 valence electrons. The number of hydrazine groups is 1. The van der Waals surface area contributed by atoms with Gasteiger partial charge in [-0.05, 0) is 18.6 Å². The van der Waals surface area contributed by atoms with E-state index in [2.05, 4.69) is 20.7 Å². The van der Waals surface area contributed by atoms with Crippen LogP contribution in [0.15, 0.2) is 18.2 Å². The molecule has 2 aromatic rings. The van der Waals surface area contributed by atoms with Crippen molar-refractivity contribution in [1.29, 1.82) is 0 Å². The summed E-state index contributed by atoms with van der Waals surface area (Å²) in [5.74, 6) is 4.47. The Hall–Kier alpha value is -2.48. The first-order chi connectivity index (χ1) is 8.99. The maximum absolute atomic E-state index is 13.7. The van der Waals surface area contributed by atoms with Gasteiger partial charge in [0.15, 0.2) is 0 Å². The molecule has 0 spiro atoms. The van der Waals surface area contributed by atoms with Gasteiger partial charge in [0.05, 0.1) is 5.69 Å². The zero-order valence-corrected chi connectivity index (χ0v) is 10.0. The molecule has 1 aromatic carbocycles. The number of anilines is 4. The molecule has 0 radical (unpaired) electrons. The van der Waals surface area contributed by atoms with E-state index in [9.17, 15) is 8.78 Å². The van der Waals surface area contributed by atoms with Crippen LogP contribution in [0.1, 0.15) is 5.56 Å². The zero-order chi connectivity index (χ0) is 14.0. The van der Waals surface area contributed by atoms with Crippen molar-refractivity contribution in [2.45, 2.75) is 6.92 Å². The largest absolute Gasteiger partial charge is 0.368 e. The molecule has 0 atom stereocenters. The summed E-state index contributed by atoms with van der Waals surface area (Å²) in [6, 6.07) is 3.54. The topological polar surface area (TPSA) is 102 Å². The number of hydrogen-bond acceptors (Lipinski definition) is 6. The highest BCUT2D eigenvalue weighted by molar-refractivity contribution is 5.61. The molecule has 6 nitrogen and oxygen atoms in total. The third kappa shape index (κ3) is 2.86. The number of nitrogens with one attached hydrogen (secondary N) is 2. The SMILES string of the molecule is Cc1cc(F)c(Nc2cc(NN)nc(N)n2)cc1F. The predicted octanol–water partition coefficient (Wildman–Crippen LogP) is 1.67. The average molecular weight is 266 g/mol. The highest BCUT2D eigenvalue weighted by Crippen LogP contribution is 2.23. The molecule has 6 N–H and O–H groups in total. The van der Waals surface area contributed by atoms with Gasteiger partial charge in [0.2, 0.25) is 5.95 Å².